The first-order chi connectivity index (χ1) is 6.50. The lowest BCUT2D eigenvalue weighted by molar-refractivity contribution is 0.319. The van der Waals surface area contributed by atoms with Crippen LogP contribution in [0.5, 0.6) is 0 Å². The van der Waals surface area contributed by atoms with Crippen molar-refractivity contribution in [3.8, 4) is 0 Å². The van der Waals surface area contributed by atoms with Crippen molar-refractivity contribution >= 4 is 15.9 Å². The standard InChI is InChI=1S/C13H17Br/c1-13(2,3)11-8-7-10-9(11)5-4-6-12(10)14/h4-6,11H,7-8H2,1-3H3/t11-/m1/s1. The highest BCUT2D eigenvalue weighted by atomic mass is 79.9. The van der Waals surface area contributed by atoms with Crippen molar-refractivity contribution in [2.75, 3.05) is 0 Å². The first kappa shape index (κ1) is 10.2. The van der Waals surface area contributed by atoms with Gasteiger partial charge in [0.25, 0.3) is 0 Å². The third-order valence-corrected chi connectivity index (χ3v) is 4.00. The molecule has 0 fully saturated rings. The zero-order valence-electron chi connectivity index (χ0n) is 9.10. The summed E-state index contributed by atoms with van der Waals surface area (Å²) in [7, 11) is 0. The van der Waals surface area contributed by atoms with Crippen LogP contribution < -0.4 is 0 Å². The Balaban J connectivity index is 2.45. The van der Waals surface area contributed by atoms with Gasteiger partial charge in [-0.25, -0.2) is 0 Å². The van der Waals surface area contributed by atoms with Crippen molar-refractivity contribution < 1.29 is 0 Å². The summed E-state index contributed by atoms with van der Waals surface area (Å²) in [6.07, 6.45) is 2.54. The Morgan fingerprint density at radius 1 is 1.29 bits per heavy atom. The van der Waals surface area contributed by atoms with Gasteiger partial charge in [-0.05, 0) is 41.4 Å². The van der Waals surface area contributed by atoms with Crippen molar-refractivity contribution in [1.29, 1.82) is 0 Å². The van der Waals surface area contributed by atoms with Gasteiger partial charge >= 0.3 is 0 Å². The molecule has 0 aliphatic heterocycles. The molecule has 1 aliphatic rings. The Labute approximate surface area is 94.8 Å². The fraction of sp³-hybridized carbons (Fsp3) is 0.538. The second kappa shape index (κ2) is 3.37. The number of halogens is 1. The molecule has 0 radical (unpaired) electrons. The Morgan fingerprint density at radius 3 is 2.64 bits per heavy atom. The van der Waals surface area contributed by atoms with Gasteiger partial charge in [0.2, 0.25) is 0 Å². The highest BCUT2D eigenvalue weighted by Gasteiger charge is 2.32. The maximum absolute atomic E-state index is 3.64. The van der Waals surface area contributed by atoms with E-state index in [1.165, 1.54) is 22.9 Å². The van der Waals surface area contributed by atoms with E-state index in [0.29, 0.717) is 5.41 Å². The molecule has 0 amide bonds. The first-order valence-electron chi connectivity index (χ1n) is 5.27. The number of hydrogen-bond acceptors (Lipinski definition) is 0. The van der Waals surface area contributed by atoms with Crippen molar-refractivity contribution in [1.82, 2.24) is 0 Å². The normalized spacial score (nSPS) is 21.0. The van der Waals surface area contributed by atoms with Crippen LogP contribution in [0.2, 0.25) is 0 Å². The van der Waals surface area contributed by atoms with Gasteiger partial charge in [0, 0.05) is 4.47 Å². The molecule has 0 N–H and O–H groups in total. The molecule has 1 aromatic carbocycles. The molecule has 76 valence electrons. The van der Waals surface area contributed by atoms with Gasteiger partial charge < -0.3 is 0 Å². The predicted molar refractivity (Wildman–Crippen MR) is 64.7 cm³/mol. The van der Waals surface area contributed by atoms with Gasteiger partial charge in [-0.15, -0.1) is 0 Å². The molecule has 1 heteroatoms. The maximum Gasteiger partial charge on any atom is 0.0210 e. The third-order valence-electron chi connectivity index (χ3n) is 3.26. The summed E-state index contributed by atoms with van der Waals surface area (Å²) in [5, 5.41) is 0. The molecular formula is C13H17Br. The number of hydrogen-bond donors (Lipinski definition) is 0. The zero-order chi connectivity index (χ0) is 10.3. The second-order valence-corrected chi connectivity index (χ2v) is 6.12. The predicted octanol–water partition coefficient (Wildman–Crippen LogP) is 4.53. The molecule has 1 aromatic rings. The minimum atomic E-state index is 0.395. The molecule has 0 saturated carbocycles. The zero-order valence-corrected chi connectivity index (χ0v) is 10.7. The topological polar surface area (TPSA) is 0 Å². The summed E-state index contributed by atoms with van der Waals surface area (Å²) in [4.78, 5) is 0. The largest absolute Gasteiger partial charge is 0.0608 e. The quantitative estimate of drug-likeness (QED) is 0.637. The second-order valence-electron chi connectivity index (χ2n) is 5.26. The molecule has 0 nitrogen and oxygen atoms in total. The summed E-state index contributed by atoms with van der Waals surface area (Å²) < 4.78 is 1.29. The summed E-state index contributed by atoms with van der Waals surface area (Å²) >= 11 is 3.64. The third kappa shape index (κ3) is 1.63. The van der Waals surface area contributed by atoms with Crippen LogP contribution in [-0.2, 0) is 6.42 Å². The SMILES string of the molecule is CC(C)(C)[C@@H]1CCc2c(Br)cccc21. The summed E-state index contributed by atoms with van der Waals surface area (Å²) in [5.41, 5.74) is 3.49. The van der Waals surface area contributed by atoms with Crippen LogP contribution in [0.25, 0.3) is 0 Å². The lowest BCUT2D eigenvalue weighted by Gasteiger charge is -2.27. The fourth-order valence-electron chi connectivity index (χ4n) is 2.51. The molecule has 0 aromatic heterocycles. The minimum absolute atomic E-state index is 0.395. The van der Waals surface area contributed by atoms with Crippen LogP contribution in [0.1, 0.15) is 44.2 Å². The molecule has 0 heterocycles. The highest BCUT2D eigenvalue weighted by molar-refractivity contribution is 9.10. The minimum Gasteiger partial charge on any atom is -0.0608 e. The Bertz CT molecular complexity index is 347. The van der Waals surface area contributed by atoms with Gasteiger partial charge in [0.1, 0.15) is 0 Å². The molecule has 0 bridgehead atoms. The van der Waals surface area contributed by atoms with E-state index in [1.807, 2.05) is 0 Å². The van der Waals surface area contributed by atoms with Crippen LogP contribution in [0.15, 0.2) is 22.7 Å². The number of rotatable bonds is 0. The van der Waals surface area contributed by atoms with E-state index in [9.17, 15) is 0 Å². The van der Waals surface area contributed by atoms with E-state index in [4.69, 9.17) is 0 Å². The Morgan fingerprint density at radius 2 is 2.00 bits per heavy atom. The van der Waals surface area contributed by atoms with Gasteiger partial charge in [0.15, 0.2) is 0 Å². The van der Waals surface area contributed by atoms with Crippen LogP contribution in [-0.4, -0.2) is 0 Å². The van der Waals surface area contributed by atoms with Gasteiger partial charge in [-0.1, -0.05) is 48.8 Å². The molecule has 1 aliphatic carbocycles. The van der Waals surface area contributed by atoms with Crippen LogP contribution in [0.4, 0.5) is 0 Å². The average molecular weight is 253 g/mol. The Kier molecular flexibility index (Phi) is 2.46. The van der Waals surface area contributed by atoms with E-state index in [2.05, 4.69) is 54.9 Å². The summed E-state index contributed by atoms with van der Waals surface area (Å²) in [6, 6.07) is 6.61. The first-order valence-corrected chi connectivity index (χ1v) is 6.07. The maximum atomic E-state index is 3.64. The van der Waals surface area contributed by atoms with Crippen molar-refractivity contribution in [2.24, 2.45) is 5.41 Å². The molecular weight excluding hydrogens is 236 g/mol. The van der Waals surface area contributed by atoms with Gasteiger partial charge in [0.05, 0.1) is 0 Å². The molecule has 2 rings (SSSR count). The molecule has 14 heavy (non-hydrogen) atoms. The summed E-state index contributed by atoms with van der Waals surface area (Å²) in [5.74, 6) is 0.731. The van der Waals surface area contributed by atoms with Gasteiger partial charge in [-0.2, -0.15) is 0 Å². The van der Waals surface area contributed by atoms with Crippen LogP contribution in [0, 0.1) is 5.41 Å². The molecule has 0 spiro atoms. The number of fused-ring (bicyclic) bond motifs is 1. The Hall–Kier alpha value is -0.300. The molecule has 1 atom stereocenters. The van der Waals surface area contributed by atoms with Crippen molar-refractivity contribution in [2.45, 2.75) is 39.5 Å². The smallest absolute Gasteiger partial charge is 0.0210 e. The van der Waals surface area contributed by atoms with Crippen molar-refractivity contribution in [3.63, 3.8) is 0 Å². The van der Waals surface area contributed by atoms with E-state index >= 15 is 0 Å². The van der Waals surface area contributed by atoms with E-state index < -0.39 is 0 Å². The lowest BCUT2D eigenvalue weighted by Crippen LogP contribution is -2.15. The van der Waals surface area contributed by atoms with E-state index in [1.54, 1.807) is 5.56 Å². The fourth-order valence-corrected chi connectivity index (χ4v) is 3.09. The molecule has 0 unspecified atom stereocenters. The molecule has 0 saturated heterocycles. The highest BCUT2D eigenvalue weighted by Crippen LogP contribution is 2.46. The van der Waals surface area contributed by atoms with Crippen LogP contribution >= 0.6 is 15.9 Å². The lowest BCUT2D eigenvalue weighted by atomic mass is 9.77. The van der Waals surface area contributed by atoms with E-state index in [-0.39, 0.29) is 0 Å². The van der Waals surface area contributed by atoms with Gasteiger partial charge in [-0.3, -0.25) is 0 Å². The monoisotopic (exact) mass is 252 g/mol. The van der Waals surface area contributed by atoms with E-state index in [0.717, 1.165) is 5.92 Å². The summed E-state index contributed by atoms with van der Waals surface area (Å²) in [6.45, 7) is 7.02. The van der Waals surface area contributed by atoms with Crippen LogP contribution in [0.3, 0.4) is 0 Å². The van der Waals surface area contributed by atoms with Crippen molar-refractivity contribution in [3.05, 3.63) is 33.8 Å². The number of benzene rings is 1. The average Bonchev–Trinajstić information content (AvgIpc) is 2.47.